The zero-order valence-corrected chi connectivity index (χ0v) is 14.8. The molecule has 1 amide bonds. The van der Waals surface area contributed by atoms with Crippen LogP contribution in [-0.2, 0) is 23.8 Å². The smallest absolute Gasteiger partial charge is 0.308 e. The van der Waals surface area contributed by atoms with Crippen molar-refractivity contribution in [2.75, 3.05) is 32.8 Å². The Kier molecular flexibility index (Phi) is 5.75. The fraction of sp³-hybridized carbons (Fsp3) is 0.556. The Morgan fingerprint density at radius 3 is 2.85 bits per heavy atom. The fourth-order valence-corrected chi connectivity index (χ4v) is 3.56. The summed E-state index contributed by atoms with van der Waals surface area (Å²) >= 11 is 0. The van der Waals surface area contributed by atoms with E-state index in [1.807, 2.05) is 6.07 Å². The number of ether oxygens (including phenoxy) is 4. The number of anilines is 1. The molecule has 1 aromatic carbocycles. The maximum atomic E-state index is 11.7. The monoisotopic (exact) mass is 365 g/mol. The van der Waals surface area contributed by atoms with Gasteiger partial charge < -0.3 is 29.4 Å². The van der Waals surface area contributed by atoms with E-state index >= 15 is 0 Å². The first-order chi connectivity index (χ1) is 12.5. The molecule has 0 unspecified atom stereocenters. The maximum absolute atomic E-state index is 11.7. The number of hydrogen-bond acceptors (Lipinski definition) is 7. The number of hydrogen-bond donors (Lipinski definition) is 2. The number of nitrogens with one attached hydrogen (secondary N) is 1. The second kappa shape index (κ2) is 8.03. The number of rotatable bonds is 6. The Bertz CT molecular complexity index is 678. The molecule has 0 aromatic heterocycles. The molecule has 0 radical (unpaired) electrons. The molecule has 2 heterocycles. The molecule has 1 aromatic rings. The number of fused-ring (bicyclic) bond motifs is 3. The van der Waals surface area contributed by atoms with Crippen molar-refractivity contribution in [3.8, 4) is 5.75 Å². The number of carbonyl (C=O) groups excluding carboxylic acids is 2. The summed E-state index contributed by atoms with van der Waals surface area (Å²) in [4.78, 5) is 23.3. The van der Waals surface area contributed by atoms with E-state index in [4.69, 9.17) is 18.9 Å². The summed E-state index contributed by atoms with van der Waals surface area (Å²) in [7, 11) is 2.79. The molecule has 2 N–H and O–H groups in total. The quantitative estimate of drug-likeness (QED) is 0.720. The van der Waals surface area contributed by atoms with E-state index in [0.29, 0.717) is 17.9 Å². The molecule has 2 aliphatic rings. The van der Waals surface area contributed by atoms with Crippen molar-refractivity contribution in [2.24, 2.45) is 0 Å². The predicted molar refractivity (Wildman–Crippen MR) is 91.1 cm³/mol. The van der Waals surface area contributed by atoms with Crippen LogP contribution in [0.1, 0.15) is 24.3 Å². The van der Waals surface area contributed by atoms with Crippen LogP contribution in [0.2, 0.25) is 0 Å². The molecular weight excluding hydrogens is 342 g/mol. The molecule has 4 atom stereocenters. The summed E-state index contributed by atoms with van der Waals surface area (Å²) < 4.78 is 21.3. The number of methoxy groups -OCH3 is 2. The summed E-state index contributed by atoms with van der Waals surface area (Å²) in [5.41, 5.74) is 1.58. The van der Waals surface area contributed by atoms with Crippen molar-refractivity contribution < 1.29 is 33.6 Å². The molecule has 1 saturated heterocycles. The van der Waals surface area contributed by atoms with E-state index in [-0.39, 0.29) is 49.6 Å². The van der Waals surface area contributed by atoms with Crippen LogP contribution in [0.3, 0.4) is 0 Å². The van der Waals surface area contributed by atoms with E-state index in [9.17, 15) is 14.7 Å². The number of esters is 1. The van der Waals surface area contributed by atoms with Crippen LogP contribution < -0.4 is 10.1 Å². The van der Waals surface area contributed by atoms with E-state index < -0.39 is 6.10 Å². The summed E-state index contributed by atoms with van der Waals surface area (Å²) in [5.74, 6) is 0.0619. The maximum Gasteiger partial charge on any atom is 0.308 e. The number of aliphatic hydroxyl groups is 1. The van der Waals surface area contributed by atoms with Gasteiger partial charge in [0, 0.05) is 24.3 Å². The van der Waals surface area contributed by atoms with E-state index in [1.165, 1.54) is 14.2 Å². The molecule has 8 nitrogen and oxygen atoms in total. The van der Waals surface area contributed by atoms with Gasteiger partial charge in [-0.1, -0.05) is 0 Å². The SMILES string of the molecule is COCC(=O)Nc1ccc2c(c1)[C@@H]1C[C@@H](CC(=O)OC)O[C@H](CO)[C@@H]1O2. The predicted octanol–water partition coefficient (Wildman–Crippen LogP) is 0.829. The average Bonchev–Trinajstić information content (AvgIpc) is 2.99. The molecule has 1 fully saturated rings. The molecule has 2 aliphatic heterocycles. The highest BCUT2D eigenvalue weighted by Gasteiger charge is 2.46. The van der Waals surface area contributed by atoms with Gasteiger partial charge in [-0.25, -0.2) is 0 Å². The Hall–Kier alpha value is -2.16. The van der Waals surface area contributed by atoms with Crippen molar-refractivity contribution in [3.63, 3.8) is 0 Å². The van der Waals surface area contributed by atoms with Crippen molar-refractivity contribution in [3.05, 3.63) is 23.8 Å². The normalized spacial score (nSPS) is 26.4. The van der Waals surface area contributed by atoms with Gasteiger partial charge in [0.05, 0.1) is 26.2 Å². The van der Waals surface area contributed by atoms with Gasteiger partial charge in [0.25, 0.3) is 0 Å². The molecule has 142 valence electrons. The number of amides is 1. The van der Waals surface area contributed by atoms with Crippen LogP contribution >= 0.6 is 0 Å². The first-order valence-corrected chi connectivity index (χ1v) is 8.48. The van der Waals surface area contributed by atoms with Crippen molar-refractivity contribution in [2.45, 2.75) is 37.1 Å². The van der Waals surface area contributed by atoms with Crippen LogP contribution in [-0.4, -0.2) is 62.7 Å². The average molecular weight is 365 g/mol. The minimum Gasteiger partial charge on any atom is -0.487 e. The Labute approximate surface area is 151 Å². The third kappa shape index (κ3) is 3.82. The first-order valence-electron chi connectivity index (χ1n) is 8.48. The Morgan fingerprint density at radius 1 is 1.35 bits per heavy atom. The summed E-state index contributed by atoms with van der Waals surface area (Å²) in [5, 5.41) is 12.4. The fourth-order valence-electron chi connectivity index (χ4n) is 3.56. The Balaban J connectivity index is 1.80. The van der Waals surface area contributed by atoms with Gasteiger partial charge in [-0.3, -0.25) is 9.59 Å². The van der Waals surface area contributed by atoms with Gasteiger partial charge in [-0.05, 0) is 24.6 Å². The third-order valence-corrected chi connectivity index (χ3v) is 4.68. The molecule has 0 saturated carbocycles. The minimum atomic E-state index is -0.526. The van der Waals surface area contributed by atoms with E-state index in [1.54, 1.807) is 12.1 Å². The molecule has 8 heteroatoms. The van der Waals surface area contributed by atoms with Gasteiger partial charge in [-0.15, -0.1) is 0 Å². The summed E-state index contributed by atoms with van der Waals surface area (Å²) in [6.45, 7) is -0.231. The zero-order valence-electron chi connectivity index (χ0n) is 14.8. The van der Waals surface area contributed by atoms with Crippen LogP contribution in [0.5, 0.6) is 5.75 Å². The van der Waals surface area contributed by atoms with Gasteiger partial charge in [0.1, 0.15) is 24.6 Å². The van der Waals surface area contributed by atoms with Crippen molar-refractivity contribution >= 4 is 17.6 Å². The van der Waals surface area contributed by atoms with Crippen LogP contribution in [0, 0.1) is 0 Å². The highest BCUT2D eigenvalue weighted by atomic mass is 16.6. The second-order valence-electron chi connectivity index (χ2n) is 6.42. The highest BCUT2D eigenvalue weighted by molar-refractivity contribution is 5.91. The second-order valence-corrected chi connectivity index (χ2v) is 6.42. The van der Waals surface area contributed by atoms with Crippen LogP contribution in [0.15, 0.2) is 18.2 Å². The van der Waals surface area contributed by atoms with Gasteiger partial charge >= 0.3 is 5.97 Å². The summed E-state index contributed by atoms with van der Waals surface area (Å²) in [6.07, 6.45) is -0.521. The lowest BCUT2D eigenvalue weighted by Crippen LogP contribution is -2.46. The molecule has 0 bridgehead atoms. The largest absolute Gasteiger partial charge is 0.487 e. The first kappa shape index (κ1) is 18.6. The molecule has 3 rings (SSSR count). The minimum absolute atomic E-state index is 0.0265. The third-order valence-electron chi connectivity index (χ3n) is 4.68. The lowest BCUT2D eigenvalue weighted by molar-refractivity contribution is -0.156. The van der Waals surface area contributed by atoms with Crippen molar-refractivity contribution in [1.82, 2.24) is 0 Å². The van der Waals surface area contributed by atoms with Gasteiger partial charge in [0.15, 0.2) is 0 Å². The lowest BCUT2D eigenvalue weighted by atomic mass is 9.84. The summed E-state index contributed by atoms with van der Waals surface area (Å²) in [6, 6.07) is 5.41. The van der Waals surface area contributed by atoms with Crippen LogP contribution in [0.25, 0.3) is 0 Å². The molecule has 26 heavy (non-hydrogen) atoms. The highest BCUT2D eigenvalue weighted by Crippen LogP contribution is 2.47. The van der Waals surface area contributed by atoms with Crippen LogP contribution in [0.4, 0.5) is 5.69 Å². The topological polar surface area (TPSA) is 103 Å². The zero-order chi connectivity index (χ0) is 18.7. The van der Waals surface area contributed by atoms with Gasteiger partial charge in [0.2, 0.25) is 5.91 Å². The van der Waals surface area contributed by atoms with E-state index in [0.717, 1.165) is 5.56 Å². The molecule has 0 aliphatic carbocycles. The van der Waals surface area contributed by atoms with Gasteiger partial charge in [-0.2, -0.15) is 0 Å². The molecular formula is C18H23NO7. The molecule has 0 spiro atoms. The number of benzene rings is 1. The number of carbonyl (C=O) groups is 2. The number of aliphatic hydroxyl groups excluding tert-OH is 1. The Morgan fingerprint density at radius 2 is 2.15 bits per heavy atom. The van der Waals surface area contributed by atoms with E-state index in [2.05, 4.69) is 5.32 Å². The standard InChI is InChI=1S/C18H23NO7/c1-23-9-16(21)19-10-3-4-14-12(5-10)13-6-11(7-17(22)24-2)25-15(8-20)18(13)26-14/h3-5,11,13,15,18,20H,6-9H2,1-2H3,(H,19,21)/t11-,13-,15+,18+/m0/s1. The lowest BCUT2D eigenvalue weighted by Gasteiger charge is -2.36. The van der Waals surface area contributed by atoms with Crippen molar-refractivity contribution in [1.29, 1.82) is 0 Å².